The van der Waals surface area contributed by atoms with E-state index in [0.717, 1.165) is 41.2 Å². The standard InChI is InChI=1S/C25H26ClNO4/c1-29-20-7-8-22(28)18(12-20)15-27-10-9-16-13-23(30-2)24(31-3)14-21(16)25(27)17-5-4-6-19(26)11-17/h4-8,11-14,25,28H,9-10,15H2,1-3H3. The molecular formula is C25H26ClNO4. The summed E-state index contributed by atoms with van der Waals surface area (Å²) in [5, 5.41) is 11.2. The highest BCUT2D eigenvalue weighted by atomic mass is 35.5. The summed E-state index contributed by atoms with van der Waals surface area (Å²) in [6, 6.07) is 17.3. The number of phenols is 1. The van der Waals surface area contributed by atoms with Gasteiger partial charge in [-0.1, -0.05) is 23.7 Å². The maximum absolute atomic E-state index is 10.5. The van der Waals surface area contributed by atoms with E-state index in [0.29, 0.717) is 17.3 Å². The van der Waals surface area contributed by atoms with Gasteiger partial charge in [0.05, 0.1) is 27.4 Å². The van der Waals surface area contributed by atoms with Gasteiger partial charge in [-0.2, -0.15) is 0 Å². The van der Waals surface area contributed by atoms with E-state index in [1.54, 1.807) is 33.5 Å². The van der Waals surface area contributed by atoms with Crippen LogP contribution < -0.4 is 14.2 Å². The molecule has 162 valence electrons. The van der Waals surface area contributed by atoms with E-state index < -0.39 is 0 Å². The molecule has 0 bridgehead atoms. The number of rotatable bonds is 6. The largest absolute Gasteiger partial charge is 0.508 e. The number of fused-ring (bicyclic) bond motifs is 1. The number of benzene rings is 3. The van der Waals surface area contributed by atoms with Gasteiger partial charge in [-0.25, -0.2) is 0 Å². The van der Waals surface area contributed by atoms with Crippen LogP contribution in [0.4, 0.5) is 0 Å². The minimum atomic E-state index is -0.0483. The van der Waals surface area contributed by atoms with Crippen molar-refractivity contribution in [3.05, 3.63) is 81.9 Å². The molecule has 1 aliphatic rings. The van der Waals surface area contributed by atoms with E-state index in [-0.39, 0.29) is 11.8 Å². The molecule has 0 aliphatic carbocycles. The smallest absolute Gasteiger partial charge is 0.161 e. The molecule has 3 aromatic carbocycles. The first-order chi connectivity index (χ1) is 15.0. The normalized spacial score (nSPS) is 15.9. The van der Waals surface area contributed by atoms with Gasteiger partial charge >= 0.3 is 0 Å². The van der Waals surface area contributed by atoms with Crippen LogP contribution in [0.15, 0.2) is 54.6 Å². The molecule has 0 saturated carbocycles. The van der Waals surface area contributed by atoms with Crippen LogP contribution in [-0.4, -0.2) is 37.9 Å². The van der Waals surface area contributed by atoms with Crippen LogP contribution in [0.25, 0.3) is 0 Å². The molecule has 5 nitrogen and oxygen atoms in total. The number of methoxy groups -OCH3 is 3. The number of hydrogen-bond acceptors (Lipinski definition) is 5. The third kappa shape index (κ3) is 4.29. The van der Waals surface area contributed by atoms with Gasteiger partial charge in [0, 0.05) is 23.7 Å². The molecule has 0 amide bonds. The lowest BCUT2D eigenvalue weighted by atomic mass is 9.87. The predicted molar refractivity (Wildman–Crippen MR) is 122 cm³/mol. The molecule has 6 heteroatoms. The average molecular weight is 440 g/mol. The third-order valence-electron chi connectivity index (χ3n) is 5.80. The zero-order valence-electron chi connectivity index (χ0n) is 17.9. The fourth-order valence-corrected chi connectivity index (χ4v) is 4.47. The number of hydrogen-bond donors (Lipinski definition) is 1. The van der Waals surface area contributed by atoms with E-state index in [2.05, 4.69) is 23.1 Å². The van der Waals surface area contributed by atoms with Gasteiger partial charge in [-0.05, 0) is 65.6 Å². The highest BCUT2D eigenvalue weighted by Gasteiger charge is 2.31. The molecule has 0 spiro atoms. The van der Waals surface area contributed by atoms with E-state index >= 15 is 0 Å². The summed E-state index contributed by atoms with van der Waals surface area (Å²) < 4.78 is 16.5. The molecule has 1 aliphatic heterocycles. The summed E-state index contributed by atoms with van der Waals surface area (Å²) in [6.07, 6.45) is 0.859. The summed E-state index contributed by atoms with van der Waals surface area (Å²) >= 11 is 6.35. The Kier molecular flexibility index (Phi) is 6.25. The van der Waals surface area contributed by atoms with Crippen molar-refractivity contribution in [3.63, 3.8) is 0 Å². The Morgan fingerprint density at radius 1 is 0.968 bits per heavy atom. The Bertz CT molecular complexity index is 1090. The first-order valence-corrected chi connectivity index (χ1v) is 10.5. The second kappa shape index (κ2) is 9.08. The Morgan fingerprint density at radius 3 is 2.45 bits per heavy atom. The minimum absolute atomic E-state index is 0.0483. The summed E-state index contributed by atoms with van der Waals surface area (Å²) in [7, 11) is 4.93. The van der Waals surface area contributed by atoms with Gasteiger partial charge in [0.25, 0.3) is 0 Å². The van der Waals surface area contributed by atoms with Crippen LogP contribution in [0, 0.1) is 0 Å². The summed E-state index contributed by atoms with van der Waals surface area (Å²) in [5.41, 5.74) is 4.26. The van der Waals surface area contributed by atoms with Crippen LogP contribution in [0.5, 0.6) is 23.0 Å². The predicted octanol–water partition coefficient (Wildman–Crippen LogP) is 5.22. The summed E-state index contributed by atoms with van der Waals surface area (Å²) in [4.78, 5) is 2.34. The molecule has 1 unspecified atom stereocenters. The second-order valence-corrected chi connectivity index (χ2v) is 8.02. The van der Waals surface area contributed by atoms with Crippen molar-refractivity contribution >= 4 is 11.6 Å². The second-order valence-electron chi connectivity index (χ2n) is 7.58. The molecule has 4 rings (SSSR count). The van der Waals surface area contributed by atoms with E-state index in [1.807, 2.05) is 24.3 Å². The Morgan fingerprint density at radius 2 is 1.74 bits per heavy atom. The van der Waals surface area contributed by atoms with Crippen molar-refractivity contribution in [2.45, 2.75) is 19.0 Å². The zero-order valence-corrected chi connectivity index (χ0v) is 18.6. The third-order valence-corrected chi connectivity index (χ3v) is 6.03. The Hall–Kier alpha value is -2.89. The maximum atomic E-state index is 10.5. The molecule has 1 heterocycles. The van der Waals surface area contributed by atoms with Gasteiger partial charge in [0.1, 0.15) is 11.5 Å². The van der Waals surface area contributed by atoms with Crippen molar-refractivity contribution in [1.29, 1.82) is 0 Å². The maximum Gasteiger partial charge on any atom is 0.161 e. The number of nitrogens with zero attached hydrogens (tertiary/aromatic N) is 1. The average Bonchev–Trinajstić information content (AvgIpc) is 2.79. The quantitative estimate of drug-likeness (QED) is 0.570. The lowest BCUT2D eigenvalue weighted by Crippen LogP contribution is -2.35. The summed E-state index contributed by atoms with van der Waals surface area (Å²) in [5.74, 6) is 2.39. The molecule has 0 fully saturated rings. The molecule has 31 heavy (non-hydrogen) atoms. The Labute approximate surface area is 187 Å². The molecule has 0 saturated heterocycles. The first kappa shape index (κ1) is 21.3. The van der Waals surface area contributed by atoms with Crippen molar-refractivity contribution in [2.24, 2.45) is 0 Å². The van der Waals surface area contributed by atoms with Crippen molar-refractivity contribution in [2.75, 3.05) is 27.9 Å². The first-order valence-electron chi connectivity index (χ1n) is 10.1. The molecule has 0 aromatic heterocycles. The lowest BCUT2D eigenvalue weighted by molar-refractivity contribution is 0.201. The van der Waals surface area contributed by atoms with Gasteiger partial charge in [0.2, 0.25) is 0 Å². The topological polar surface area (TPSA) is 51.2 Å². The van der Waals surface area contributed by atoms with Gasteiger partial charge in [0.15, 0.2) is 11.5 Å². The van der Waals surface area contributed by atoms with Crippen LogP contribution in [0.1, 0.15) is 28.3 Å². The van der Waals surface area contributed by atoms with E-state index in [9.17, 15) is 5.11 Å². The number of aromatic hydroxyl groups is 1. The van der Waals surface area contributed by atoms with Crippen molar-refractivity contribution in [1.82, 2.24) is 4.90 Å². The molecule has 0 radical (unpaired) electrons. The fourth-order valence-electron chi connectivity index (χ4n) is 4.27. The van der Waals surface area contributed by atoms with Crippen molar-refractivity contribution in [3.8, 4) is 23.0 Å². The van der Waals surface area contributed by atoms with Gasteiger partial charge in [-0.3, -0.25) is 4.90 Å². The van der Waals surface area contributed by atoms with Crippen LogP contribution >= 0.6 is 11.6 Å². The van der Waals surface area contributed by atoms with Crippen LogP contribution in [0.3, 0.4) is 0 Å². The fraction of sp³-hybridized carbons (Fsp3) is 0.280. The molecular weight excluding hydrogens is 414 g/mol. The number of phenolic OH excluding ortho intramolecular Hbond substituents is 1. The number of ether oxygens (including phenoxy) is 3. The highest BCUT2D eigenvalue weighted by molar-refractivity contribution is 6.30. The molecule has 1 N–H and O–H groups in total. The van der Waals surface area contributed by atoms with Crippen LogP contribution in [0.2, 0.25) is 5.02 Å². The molecule has 1 atom stereocenters. The minimum Gasteiger partial charge on any atom is -0.508 e. The molecule has 3 aromatic rings. The lowest BCUT2D eigenvalue weighted by Gasteiger charge is -2.38. The van der Waals surface area contributed by atoms with E-state index in [4.69, 9.17) is 25.8 Å². The van der Waals surface area contributed by atoms with Gasteiger partial charge < -0.3 is 19.3 Å². The monoisotopic (exact) mass is 439 g/mol. The highest BCUT2D eigenvalue weighted by Crippen LogP contribution is 2.42. The summed E-state index contributed by atoms with van der Waals surface area (Å²) in [6.45, 7) is 1.38. The number of halogens is 1. The van der Waals surface area contributed by atoms with Crippen LogP contribution in [-0.2, 0) is 13.0 Å². The van der Waals surface area contributed by atoms with Gasteiger partial charge in [-0.15, -0.1) is 0 Å². The SMILES string of the molecule is COc1ccc(O)c(CN2CCc3cc(OC)c(OC)cc3C2c2cccc(Cl)c2)c1. The van der Waals surface area contributed by atoms with Crippen molar-refractivity contribution < 1.29 is 19.3 Å². The zero-order chi connectivity index (χ0) is 22.0. The Balaban J connectivity index is 1.81. The van der Waals surface area contributed by atoms with E-state index in [1.165, 1.54) is 5.56 Å².